The predicted octanol–water partition coefficient (Wildman–Crippen LogP) is 7.50. The highest BCUT2D eigenvalue weighted by molar-refractivity contribution is 8.27. The van der Waals surface area contributed by atoms with Crippen LogP contribution in [0.5, 0.6) is 11.5 Å². The Morgan fingerprint density at radius 2 is 1.63 bits per heavy atom. The number of hydrogen-bond acceptors (Lipinski definition) is 5. The molecule has 0 N–H and O–H groups in total. The summed E-state index contributed by atoms with van der Waals surface area (Å²) >= 11 is 12.8. The van der Waals surface area contributed by atoms with Gasteiger partial charge >= 0.3 is 0 Å². The van der Waals surface area contributed by atoms with Gasteiger partial charge in [-0.2, -0.15) is 0 Å². The van der Waals surface area contributed by atoms with Gasteiger partial charge in [-0.05, 0) is 65.1 Å². The van der Waals surface area contributed by atoms with Gasteiger partial charge in [0.2, 0.25) is 0 Å². The van der Waals surface area contributed by atoms with Gasteiger partial charge in [-0.1, -0.05) is 86.7 Å². The molecule has 0 aromatic heterocycles. The molecule has 0 unspecified atom stereocenters. The molecular formula is C28H26ClNO3S2. The van der Waals surface area contributed by atoms with Crippen molar-refractivity contribution < 1.29 is 14.3 Å². The fourth-order valence-electron chi connectivity index (χ4n) is 3.52. The third-order valence-electron chi connectivity index (χ3n) is 5.36. The summed E-state index contributed by atoms with van der Waals surface area (Å²) in [6.07, 6.45) is 1.82. The Morgan fingerprint density at radius 1 is 0.943 bits per heavy atom. The van der Waals surface area contributed by atoms with Crippen molar-refractivity contribution in [2.24, 2.45) is 0 Å². The second-order valence-corrected chi connectivity index (χ2v) is 11.2. The molecule has 1 amide bonds. The number of hydrogen-bond donors (Lipinski definition) is 0. The lowest BCUT2D eigenvalue weighted by Crippen LogP contribution is -2.27. The lowest BCUT2D eigenvalue weighted by molar-refractivity contribution is -0.113. The molecule has 1 heterocycles. The number of halogens is 1. The predicted molar refractivity (Wildman–Crippen MR) is 150 cm³/mol. The summed E-state index contributed by atoms with van der Waals surface area (Å²) < 4.78 is 12.1. The topological polar surface area (TPSA) is 38.8 Å². The van der Waals surface area contributed by atoms with E-state index >= 15 is 0 Å². The summed E-state index contributed by atoms with van der Waals surface area (Å²) in [7, 11) is 0. The van der Waals surface area contributed by atoms with Gasteiger partial charge in [0.25, 0.3) is 5.91 Å². The summed E-state index contributed by atoms with van der Waals surface area (Å²) in [6.45, 7) is 7.39. The van der Waals surface area contributed by atoms with Gasteiger partial charge < -0.3 is 9.47 Å². The zero-order valence-corrected chi connectivity index (χ0v) is 22.2. The Labute approximate surface area is 220 Å². The zero-order valence-electron chi connectivity index (χ0n) is 19.8. The number of thioether (sulfide) groups is 1. The number of carbonyl (C=O) groups excluding carboxylic acids is 1. The molecule has 3 aromatic carbocycles. The lowest BCUT2D eigenvalue weighted by Gasteiger charge is -2.19. The van der Waals surface area contributed by atoms with Crippen molar-refractivity contribution in [3.8, 4) is 11.5 Å². The molecule has 1 saturated heterocycles. The standard InChI is InChI=1S/C28H26ClNO3S2/c1-28(2,3)20-10-12-23(13-11-20)32-14-15-33-24-9-4-6-19(16-24)17-25-26(31)30(27(34)35-25)22-8-5-7-21(29)18-22/h4-13,16-18H,14-15H2,1-3H3/b25-17+. The SMILES string of the molecule is CC(C)(C)c1ccc(OCCOc2cccc(/C=C3/SC(=S)N(c4cccc(Cl)c4)C3=O)c2)cc1. The number of amides is 1. The van der Waals surface area contributed by atoms with Crippen molar-refractivity contribution >= 4 is 57.6 Å². The van der Waals surface area contributed by atoms with Crippen LogP contribution < -0.4 is 14.4 Å². The van der Waals surface area contributed by atoms with Crippen molar-refractivity contribution in [1.82, 2.24) is 0 Å². The third kappa shape index (κ3) is 6.45. The van der Waals surface area contributed by atoms with E-state index in [0.717, 1.165) is 11.3 Å². The molecule has 0 atom stereocenters. The van der Waals surface area contributed by atoms with Crippen LogP contribution in [0.3, 0.4) is 0 Å². The quantitative estimate of drug-likeness (QED) is 0.182. The van der Waals surface area contributed by atoms with Gasteiger partial charge in [-0.25, -0.2) is 0 Å². The minimum atomic E-state index is -0.167. The summed E-state index contributed by atoms with van der Waals surface area (Å²) in [6, 6.07) is 22.8. The number of benzene rings is 3. The van der Waals surface area contributed by atoms with E-state index in [2.05, 4.69) is 32.9 Å². The van der Waals surface area contributed by atoms with Crippen LogP contribution in [0.15, 0.2) is 77.7 Å². The van der Waals surface area contributed by atoms with Gasteiger partial charge in [0.15, 0.2) is 4.32 Å². The van der Waals surface area contributed by atoms with E-state index in [1.54, 1.807) is 18.2 Å². The Hall–Kier alpha value is -2.80. The van der Waals surface area contributed by atoms with E-state index in [1.165, 1.54) is 22.2 Å². The number of ether oxygens (including phenoxy) is 2. The molecule has 7 heteroatoms. The fourth-order valence-corrected chi connectivity index (χ4v) is 5.00. The normalized spacial score (nSPS) is 15.1. The first kappa shape index (κ1) is 25.3. The summed E-state index contributed by atoms with van der Waals surface area (Å²) in [5.41, 5.74) is 2.89. The molecule has 0 bridgehead atoms. The number of anilines is 1. The van der Waals surface area contributed by atoms with Crippen molar-refractivity contribution in [2.75, 3.05) is 18.1 Å². The van der Waals surface area contributed by atoms with Crippen LogP contribution in [-0.2, 0) is 10.2 Å². The van der Waals surface area contributed by atoms with Crippen LogP contribution in [0.2, 0.25) is 5.02 Å². The Balaban J connectivity index is 1.35. The van der Waals surface area contributed by atoms with E-state index in [0.29, 0.717) is 38.9 Å². The summed E-state index contributed by atoms with van der Waals surface area (Å²) in [5.74, 6) is 1.35. The highest BCUT2D eigenvalue weighted by Gasteiger charge is 2.33. The second-order valence-electron chi connectivity index (χ2n) is 9.04. The van der Waals surface area contributed by atoms with Crippen LogP contribution >= 0.6 is 35.6 Å². The zero-order chi connectivity index (χ0) is 25.0. The van der Waals surface area contributed by atoms with E-state index in [4.69, 9.17) is 33.3 Å². The van der Waals surface area contributed by atoms with Gasteiger partial charge in [0.1, 0.15) is 24.7 Å². The van der Waals surface area contributed by atoms with Crippen LogP contribution in [0.1, 0.15) is 31.9 Å². The van der Waals surface area contributed by atoms with Gasteiger partial charge in [0, 0.05) is 5.02 Å². The van der Waals surface area contributed by atoms with Crippen molar-refractivity contribution in [3.63, 3.8) is 0 Å². The molecule has 0 saturated carbocycles. The summed E-state index contributed by atoms with van der Waals surface area (Å²) in [5, 5.41) is 0.552. The molecule has 1 fully saturated rings. The molecule has 0 radical (unpaired) electrons. The van der Waals surface area contributed by atoms with Crippen LogP contribution in [0, 0.1) is 0 Å². The average molecular weight is 524 g/mol. The first-order valence-electron chi connectivity index (χ1n) is 11.2. The van der Waals surface area contributed by atoms with E-state index < -0.39 is 0 Å². The van der Waals surface area contributed by atoms with Gasteiger partial charge in [-0.3, -0.25) is 9.69 Å². The highest BCUT2D eigenvalue weighted by atomic mass is 35.5. The minimum absolute atomic E-state index is 0.113. The molecular weight excluding hydrogens is 498 g/mol. The van der Waals surface area contributed by atoms with Crippen molar-refractivity contribution in [3.05, 3.63) is 93.9 Å². The van der Waals surface area contributed by atoms with Crippen molar-refractivity contribution in [1.29, 1.82) is 0 Å². The molecule has 4 nitrogen and oxygen atoms in total. The molecule has 0 spiro atoms. The summed E-state index contributed by atoms with van der Waals surface area (Å²) in [4.78, 5) is 15.1. The Kier molecular flexibility index (Phi) is 7.85. The first-order valence-corrected chi connectivity index (χ1v) is 12.8. The third-order valence-corrected chi connectivity index (χ3v) is 6.89. The van der Waals surface area contributed by atoms with Crippen molar-refractivity contribution in [2.45, 2.75) is 26.2 Å². The number of nitrogens with zero attached hydrogens (tertiary/aromatic N) is 1. The molecule has 3 aromatic rings. The molecule has 1 aliphatic heterocycles. The van der Waals surface area contributed by atoms with Gasteiger partial charge in [-0.15, -0.1) is 0 Å². The lowest BCUT2D eigenvalue weighted by atomic mass is 9.87. The minimum Gasteiger partial charge on any atom is -0.490 e. The van der Waals surface area contributed by atoms with E-state index in [1.807, 2.05) is 48.5 Å². The second kappa shape index (κ2) is 10.9. The monoisotopic (exact) mass is 523 g/mol. The molecule has 35 heavy (non-hydrogen) atoms. The maximum atomic E-state index is 13.0. The van der Waals surface area contributed by atoms with Crippen LogP contribution in [0.25, 0.3) is 6.08 Å². The maximum Gasteiger partial charge on any atom is 0.270 e. The van der Waals surface area contributed by atoms with E-state index in [9.17, 15) is 4.79 Å². The van der Waals surface area contributed by atoms with Crippen LogP contribution in [0.4, 0.5) is 5.69 Å². The largest absolute Gasteiger partial charge is 0.490 e. The molecule has 4 rings (SSSR count). The number of carbonyl (C=O) groups is 1. The van der Waals surface area contributed by atoms with Crippen LogP contribution in [-0.4, -0.2) is 23.4 Å². The highest BCUT2D eigenvalue weighted by Crippen LogP contribution is 2.37. The van der Waals surface area contributed by atoms with Gasteiger partial charge in [0.05, 0.1) is 10.6 Å². The number of thiocarbonyl (C=S) groups is 1. The molecule has 0 aliphatic carbocycles. The smallest absolute Gasteiger partial charge is 0.270 e. The van der Waals surface area contributed by atoms with E-state index in [-0.39, 0.29) is 11.3 Å². The molecule has 1 aliphatic rings. The Morgan fingerprint density at radius 3 is 2.31 bits per heavy atom. The Bertz CT molecular complexity index is 1270. The first-order chi connectivity index (χ1) is 16.7. The average Bonchev–Trinajstić information content (AvgIpc) is 3.09. The molecule has 180 valence electrons. The number of rotatable bonds is 7. The maximum absolute atomic E-state index is 13.0. The fraction of sp³-hybridized carbons (Fsp3) is 0.214.